The van der Waals surface area contributed by atoms with E-state index in [1.807, 2.05) is 0 Å². The van der Waals surface area contributed by atoms with Crippen molar-refractivity contribution in [3.63, 3.8) is 0 Å². The van der Waals surface area contributed by atoms with Crippen molar-refractivity contribution in [2.75, 3.05) is 6.61 Å². The van der Waals surface area contributed by atoms with Crippen LogP contribution in [0.5, 0.6) is 0 Å². The van der Waals surface area contributed by atoms with Gasteiger partial charge in [-0.2, -0.15) is 0 Å². The maximum Gasteiger partial charge on any atom is 0.0577 e. The van der Waals surface area contributed by atoms with Gasteiger partial charge in [-0.15, -0.1) is 0 Å². The number of aliphatic hydroxyl groups excluding tert-OH is 2. The lowest BCUT2D eigenvalue weighted by atomic mass is 9.47. The summed E-state index contributed by atoms with van der Waals surface area (Å²) < 4.78 is 0. The molecule has 22 heavy (non-hydrogen) atoms. The zero-order chi connectivity index (χ0) is 15.5. The first-order valence-electron chi connectivity index (χ1n) is 9.47. The first kappa shape index (κ1) is 15.2. The molecule has 0 aromatic carbocycles. The van der Waals surface area contributed by atoms with Crippen LogP contribution in [0.2, 0.25) is 0 Å². The van der Waals surface area contributed by atoms with Crippen LogP contribution < -0.4 is 0 Å². The molecule has 0 aromatic heterocycles. The average Bonchev–Trinajstić information content (AvgIpc) is 2.84. The zero-order valence-corrected chi connectivity index (χ0v) is 14.2. The number of rotatable bonds is 1. The van der Waals surface area contributed by atoms with Crippen LogP contribution >= 0.6 is 0 Å². The van der Waals surface area contributed by atoms with Gasteiger partial charge in [0.05, 0.1) is 6.10 Å². The molecular formula is C20H32O2. The second-order valence-corrected chi connectivity index (χ2v) is 9.16. The van der Waals surface area contributed by atoms with E-state index in [2.05, 4.69) is 19.9 Å². The van der Waals surface area contributed by atoms with Crippen LogP contribution in [0.15, 0.2) is 11.6 Å². The molecule has 0 unspecified atom stereocenters. The monoisotopic (exact) mass is 304 g/mol. The third kappa shape index (κ3) is 1.92. The summed E-state index contributed by atoms with van der Waals surface area (Å²) in [5, 5.41) is 19.8. The van der Waals surface area contributed by atoms with Crippen molar-refractivity contribution >= 4 is 0 Å². The number of allylic oxidation sites excluding steroid dienone is 1. The van der Waals surface area contributed by atoms with Gasteiger partial charge >= 0.3 is 0 Å². The van der Waals surface area contributed by atoms with E-state index >= 15 is 0 Å². The third-order valence-corrected chi connectivity index (χ3v) is 8.49. The molecule has 0 bridgehead atoms. The fraction of sp³-hybridized carbons (Fsp3) is 0.900. The average molecular weight is 304 g/mol. The standard InChI is InChI=1S/C20H32O2/c1-19-9-7-15(22)11-13(19)3-5-16-17-6-4-14(12-21)20(17,2)10-8-18(16)19/h3,14-18,21-22H,4-12H2,1-2H3/t14-,15+,16+,17+,18+,19+,20-/m1/s1. The summed E-state index contributed by atoms with van der Waals surface area (Å²) in [7, 11) is 0. The first-order valence-corrected chi connectivity index (χ1v) is 9.47. The number of aliphatic hydroxyl groups is 2. The largest absolute Gasteiger partial charge is 0.396 e. The van der Waals surface area contributed by atoms with E-state index in [9.17, 15) is 10.2 Å². The van der Waals surface area contributed by atoms with Crippen molar-refractivity contribution < 1.29 is 10.2 Å². The fourth-order valence-corrected chi connectivity index (χ4v) is 7.05. The van der Waals surface area contributed by atoms with E-state index in [0.717, 1.165) is 30.6 Å². The van der Waals surface area contributed by atoms with Gasteiger partial charge in [0.15, 0.2) is 0 Å². The van der Waals surface area contributed by atoms with Gasteiger partial charge in [0.25, 0.3) is 0 Å². The Hall–Kier alpha value is -0.340. The SMILES string of the molecule is C[C@]12CC[C@H]3[C@@H](CC=C4C[C@@H](O)CC[C@@]43C)[C@@H]1CC[C@@H]2CO. The minimum atomic E-state index is -0.102. The minimum absolute atomic E-state index is 0.102. The van der Waals surface area contributed by atoms with Crippen LogP contribution in [0.3, 0.4) is 0 Å². The van der Waals surface area contributed by atoms with E-state index in [1.54, 1.807) is 5.57 Å². The van der Waals surface area contributed by atoms with Gasteiger partial charge in [-0.1, -0.05) is 25.5 Å². The summed E-state index contributed by atoms with van der Waals surface area (Å²) in [6.45, 7) is 5.34. The molecule has 4 aliphatic carbocycles. The van der Waals surface area contributed by atoms with Crippen LogP contribution in [0.1, 0.15) is 65.2 Å². The molecule has 7 atom stereocenters. The Balaban J connectivity index is 1.66. The number of hydrogen-bond acceptors (Lipinski definition) is 2. The van der Waals surface area contributed by atoms with Crippen LogP contribution in [0.25, 0.3) is 0 Å². The first-order chi connectivity index (χ1) is 10.5. The van der Waals surface area contributed by atoms with Crippen LogP contribution in [-0.2, 0) is 0 Å². The van der Waals surface area contributed by atoms with Crippen molar-refractivity contribution in [2.24, 2.45) is 34.5 Å². The normalized spacial score (nSPS) is 54.2. The van der Waals surface area contributed by atoms with Crippen molar-refractivity contribution in [2.45, 2.75) is 71.3 Å². The summed E-state index contributed by atoms with van der Waals surface area (Å²) in [5.41, 5.74) is 2.29. The molecule has 3 saturated carbocycles. The van der Waals surface area contributed by atoms with Crippen LogP contribution in [0, 0.1) is 34.5 Å². The Kier molecular flexibility index (Phi) is 3.51. The van der Waals surface area contributed by atoms with Gasteiger partial charge in [0, 0.05) is 6.61 Å². The Bertz CT molecular complexity index is 484. The molecule has 124 valence electrons. The van der Waals surface area contributed by atoms with E-state index < -0.39 is 0 Å². The maximum absolute atomic E-state index is 10.0. The molecule has 0 heterocycles. The molecule has 2 N–H and O–H groups in total. The van der Waals surface area contributed by atoms with Gasteiger partial charge in [-0.05, 0) is 85.9 Å². The Morgan fingerprint density at radius 3 is 2.68 bits per heavy atom. The third-order valence-electron chi connectivity index (χ3n) is 8.49. The van der Waals surface area contributed by atoms with E-state index in [0.29, 0.717) is 23.4 Å². The second-order valence-electron chi connectivity index (χ2n) is 9.16. The fourth-order valence-electron chi connectivity index (χ4n) is 7.05. The highest BCUT2D eigenvalue weighted by molar-refractivity contribution is 5.25. The molecule has 0 aliphatic heterocycles. The van der Waals surface area contributed by atoms with E-state index in [-0.39, 0.29) is 6.10 Å². The minimum Gasteiger partial charge on any atom is -0.396 e. The highest BCUT2D eigenvalue weighted by atomic mass is 16.3. The number of fused-ring (bicyclic) bond motifs is 5. The molecule has 0 radical (unpaired) electrons. The number of hydrogen-bond donors (Lipinski definition) is 2. The van der Waals surface area contributed by atoms with Gasteiger partial charge < -0.3 is 10.2 Å². The van der Waals surface area contributed by atoms with Crippen molar-refractivity contribution in [1.29, 1.82) is 0 Å². The van der Waals surface area contributed by atoms with Gasteiger partial charge in [0.1, 0.15) is 0 Å². The smallest absolute Gasteiger partial charge is 0.0577 e. The maximum atomic E-state index is 10.0. The van der Waals surface area contributed by atoms with Crippen LogP contribution in [-0.4, -0.2) is 22.9 Å². The van der Waals surface area contributed by atoms with Crippen molar-refractivity contribution in [1.82, 2.24) is 0 Å². The Morgan fingerprint density at radius 2 is 1.91 bits per heavy atom. The Morgan fingerprint density at radius 1 is 1.09 bits per heavy atom. The molecule has 2 nitrogen and oxygen atoms in total. The highest BCUT2D eigenvalue weighted by Crippen LogP contribution is 2.66. The molecule has 3 fully saturated rings. The van der Waals surface area contributed by atoms with Gasteiger partial charge in [0.2, 0.25) is 0 Å². The second kappa shape index (κ2) is 5.08. The molecule has 0 aromatic rings. The summed E-state index contributed by atoms with van der Waals surface area (Å²) in [6, 6.07) is 0. The van der Waals surface area contributed by atoms with Gasteiger partial charge in [-0.3, -0.25) is 0 Å². The van der Waals surface area contributed by atoms with Crippen molar-refractivity contribution in [3.8, 4) is 0 Å². The molecule has 0 amide bonds. The zero-order valence-electron chi connectivity index (χ0n) is 14.2. The molecule has 4 rings (SSSR count). The van der Waals surface area contributed by atoms with Crippen LogP contribution in [0.4, 0.5) is 0 Å². The Labute approximate surface area is 135 Å². The molecule has 0 spiro atoms. The predicted molar refractivity (Wildman–Crippen MR) is 88.3 cm³/mol. The van der Waals surface area contributed by atoms with Gasteiger partial charge in [-0.25, -0.2) is 0 Å². The summed E-state index contributed by atoms with van der Waals surface area (Å²) in [4.78, 5) is 0. The molecule has 4 aliphatic rings. The molecular weight excluding hydrogens is 272 g/mol. The lowest BCUT2D eigenvalue weighted by molar-refractivity contribution is -0.0562. The topological polar surface area (TPSA) is 40.5 Å². The quantitative estimate of drug-likeness (QED) is 0.721. The molecule has 2 heteroatoms. The predicted octanol–water partition coefficient (Wildman–Crippen LogP) is 3.92. The summed E-state index contributed by atoms with van der Waals surface area (Å²) in [5.74, 6) is 2.98. The molecule has 0 saturated heterocycles. The summed E-state index contributed by atoms with van der Waals surface area (Å²) in [6.07, 6.45) is 11.9. The summed E-state index contributed by atoms with van der Waals surface area (Å²) >= 11 is 0. The highest BCUT2D eigenvalue weighted by Gasteiger charge is 2.58. The van der Waals surface area contributed by atoms with E-state index in [4.69, 9.17) is 0 Å². The van der Waals surface area contributed by atoms with Crippen molar-refractivity contribution in [3.05, 3.63) is 11.6 Å². The lowest BCUT2D eigenvalue weighted by Gasteiger charge is -2.58. The van der Waals surface area contributed by atoms with E-state index in [1.165, 1.54) is 38.5 Å². The lowest BCUT2D eigenvalue weighted by Crippen LogP contribution is -2.50.